The standard InChI is InChI=1S/C22H25NO3/c1-25-14-18-20(17-12-13-26-21(17)18)23-22(24)19(15-8-4-2-5-9-15)16-10-6-3-7-11-16/h2-11,17-21H,12-14H2,1H3,(H,23,24)/t17-,18+,20+,21-/m1/s1. The third-order valence-corrected chi connectivity index (χ3v) is 5.72. The van der Waals surface area contributed by atoms with Crippen molar-refractivity contribution in [1.29, 1.82) is 0 Å². The van der Waals surface area contributed by atoms with E-state index in [1.165, 1.54) is 0 Å². The molecule has 136 valence electrons. The molecule has 0 bridgehead atoms. The fourth-order valence-corrected chi connectivity index (χ4v) is 4.47. The summed E-state index contributed by atoms with van der Waals surface area (Å²) in [6.07, 6.45) is 1.24. The molecule has 0 radical (unpaired) electrons. The summed E-state index contributed by atoms with van der Waals surface area (Å²) in [6.45, 7) is 1.40. The summed E-state index contributed by atoms with van der Waals surface area (Å²) in [5.41, 5.74) is 2.02. The molecule has 2 aromatic rings. The van der Waals surface area contributed by atoms with Gasteiger partial charge in [0, 0.05) is 31.6 Å². The topological polar surface area (TPSA) is 47.6 Å². The minimum Gasteiger partial charge on any atom is -0.384 e. The van der Waals surface area contributed by atoms with Gasteiger partial charge in [0.05, 0.1) is 18.6 Å². The molecule has 4 atom stereocenters. The van der Waals surface area contributed by atoms with Crippen LogP contribution in [-0.2, 0) is 14.3 Å². The normalized spacial score (nSPS) is 27.0. The number of hydrogen-bond donors (Lipinski definition) is 1. The van der Waals surface area contributed by atoms with Crippen LogP contribution in [-0.4, -0.2) is 38.4 Å². The Kier molecular flexibility index (Phi) is 5.05. The van der Waals surface area contributed by atoms with Crippen molar-refractivity contribution in [2.75, 3.05) is 20.3 Å². The fourth-order valence-electron chi connectivity index (χ4n) is 4.47. The molecule has 1 aliphatic carbocycles. The number of carbonyl (C=O) groups excluding carboxylic acids is 1. The Morgan fingerprint density at radius 1 is 1.12 bits per heavy atom. The van der Waals surface area contributed by atoms with Gasteiger partial charge in [-0.1, -0.05) is 60.7 Å². The molecule has 2 aromatic carbocycles. The quantitative estimate of drug-likeness (QED) is 0.870. The lowest BCUT2D eigenvalue weighted by molar-refractivity contribution is -0.130. The molecule has 1 heterocycles. The molecule has 26 heavy (non-hydrogen) atoms. The van der Waals surface area contributed by atoms with Crippen LogP contribution in [0.1, 0.15) is 23.5 Å². The van der Waals surface area contributed by atoms with Crippen LogP contribution in [0, 0.1) is 11.8 Å². The van der Waals surface area contributed by atoms with Crippen molar-refractivity contribution in [3.05, 3.63) is 71.8 Å². The fraction of sp³-hybridized carbons (Fsp3) is 0.409. The molecule has 0 spiro atoms. The predicted octanol–water partition coefficient (Wildman–Crippen LogP) is 2.98. The number of amides is 1. The van der Waals surface area contributed by atoms with Crippen molar-refractivity contribution in [2.45, 2.75) is 24.5 Å². The van der Waals surface area contributed by atoms with E-state index in [-0.39, 0.29) is 29.9 Å². The third-order valence-electron chi connectivity index (χ3n) is 5.72. The van der Waals surface area contributed by atoms with E-state index in [1.54, 1.807) is 7.11 Å². The van der Waals surface area contributed by atoms with Crippen LogP contribution in [0.15, 0.2) is 60.7 Å². The van der Waals surface area contributed by atoms with Gasteiger partial charge in [-0.3, -0.25) is 4.79 Å². The summed E-state index contributed by atoms with van der Waals surface area (Å²) in [4.78, 5) is 13.3. The van der Waals surface area contributed by atoms with Crippen LogP contribution in [0.3, 0.4) is 0 Å². The van der Waals surface area contributed by atoms with Gasteiger partial charge >= 0.3 is 0 Å². The largest absolute Gasteiger partial charge is 0.384 e. The third kappa shape index (κ3) is 3.15. The van der Waals surface area contributed by atoms with E-state index < -0.39 is 0 Å². The molecule has 1 N–H and O–H groups in total. The van der Waals surface area contributed by atoms with Crippen molar-refractivity contribution in [2.24, 2.45) is 11.8 Å². The van der Waals surface area contributed by atoms with Crippen molar-refractivity contribution in [3.8, 4) is 0 Å². The molecule has 1 saturated heterocycles. The molecule has 4 nitrogen and oxygen atoms in total. The number of ether oxygens (including phenoxy) is 2. The van der Waals surface area contributed by atoms with E-state index in [0.717, 1.165) is 24.2 Å². The molecule has 2 fully saturated rings. The number of methoxy groups -OCH3 is 1. The monoisotopic (exact) mass is 351 g/mol. The molecule has 4 heteroatoms. The van der Waals surface area contributed by atoms with Crippen molar-refractivity contribution in [3.63, 3.8) is 0 Å². The highest BCUT2D eigenvalue weighted by Gasteiger charge is 2.54. The van der Waals surface area contributed by atoms with E-state index in [1.807, 2.05) is 60.7 Å². The second-order valence-corrected chi connectivity index (χ2v) is 7.20. The molecular formula is C22H25NO3. The van der Waals surface area contributed by atoms with Crippen LogP contribution in [0.5, 0.6) is 0 Å². The number of rotatable bonds is 6. The molecule has 1 saturated carbocycles. The molecule has 1 aliphatic heterocycles. The average molecular weight is 351 g/mol. The summed E-state index contributed by atoms with van der Waals surface area (Å²) in [5.74, 6) is 0.399. The summed E-state index contributed by atoms with van der Waals surface area (Å²) in [5, 5.41) is 3.32. The first kappa shape index (κ1) is 17.3. The maximum absolute atomic E-state index is 13.3. The van der Waals surface area contributed by atoms with Crippen LogP contribution in [0.25, 0.3) is 0 Å². The molecule has 0 unspecified atom stereocenters. The van der Waals surface area contributed by atoms with E-state index in [0.29, 0.717) is 12.5 Å². The van der Waals surface area contributed by atoms with Crippen LogP contribution in [0.2, 0.25) is 0 Å². The second-order valence-electron chi connectivity index (χ2n) is 7.20. The van der Waals surface area contributed by atoms with Gasteiger partial charge in [-0.15, -0.1) is 0 Å². The van der Waals surface area contributed by atoms with E-state index in [4.69, 9.17) is 9.47 Å². The minimum absolute atomic E-state index is 0.0545. The second kappa shape index (κ2) is 7.60. The lowest BCUT2D eigenvalue weighted by atomic mass is 9.67. The lowest BCUT2D eigenvalue weighted by Gasteiger charge is -2.47. The molecule has 1 amide bonds. The maximum atomic E-state index is 13.3. The van der Waals surface area contributed by atoms with Gasteiger partial charge in [0.2, 0.25) is 5.91 Å². The smallest absolute Gasteiger partial charge is 0.232 e. The maximum Gasteiger partial charge on any atom is 0.232 e. The summed E-state index contributed by atoms with van der Waals surface area (Å²) in [6, 6.07) is 20.1. The average Bonchev–Trinajstić information content (AvgIpc) is 3.11. The summed E-state index contributed by atoms with van der Waals surface area (Å²) in [7, 11) is 1.71. The van der Waals surface area contributed by atoms with Crippen LogP contribution < -0.4 is 5.32 Å². The van der Waals surface area contributed by atoms with Crippen molar-refractivity contribution in [1.82, 2.24) is 5.32 Å². The Morgan fingerprint density at radius 3 is 2.31 bits per heavy atom. The van der Waals surface area contributed by atoms with Gasteiger partial charge in [0.15, 0.2) is 0 Å². The zero-order valence-electron chi connectivity index (χ0n) is 15.0. The Hall–Kier alpha value is -2.17. The number of nitrogens with one attached hydrogen (secondary N) is 1. The first-order valence-corrected chi connectivity index (χ1v) is 9.30. The summed E-state index contributed by atoms with van der Waals surface area (Å²) < 4.78 is 11.2. The van der Waals surface area contributed by atoms with E-state index in [2.05, 4.69) is 5.32 Å². The molecule has 4 rings (SSSR count). The molecular weight excluding hydrogens is 326 g/mol. The van der Waals surface area contributed by atoms with Crippen molar-refractivity contribution >= 4 is 5.91 Å². The number of fused-ring (bicyclic) bond motifs is 1. The van der Waals surface area contributed by atoms with Gasteiger partial charge in [0.1, 0.15) is 0 Å². The van der Waals surface area contributed by atoms with E-state index >= 15 is 0 Å². The first-order chi connectivity index (χ1) is 12.8. The van der Waals surface area contributed by atoms with Crippen molar-refractivity contribution < 1.29 is 14.3 Å². The number of benzene rings is 2. The van der Waals surface area contributed by atoms with Crippen LogP contribution >= 0.6 is 0 Å². The highest BCUT2D eigenvalue weighted by molar-refractivity contribution is 5.87. The van der Waals surface area contributed by atoms with Gasteiger partial charge in [-0.05, 0) is 17.5 Å². The Morgan fingerprint density at radius 2 is 1.73 bits per heavy atom. The van der Waals surface area contributed by atoms with Gasteiger partial charge < -0.3 is 14.8 Å². The Bertz CT molecular complexity index is 694. The van der Waals surface area contributed by atoms with Crippen LogP contribution in [0.4, 0.5) is 0 Å². The number of carbonyl (C=O) groups is 1. The molecule has 2 aliphatic rings. The van der Waals surface area contributed by atoms with Gasteiger partial charge in [0.25, 0.3) is 0 Å². The highest BCUT2D eigenvalue weighted by atomic mass is 16.5. The molecule has 0 aromatic heterocycles. The highest BCUT2D eigenvalue weighted by Crippen LogP contribution is 2.44. The SMILES string of the molecule is COC[C@H]1[C@@H](NC(=O)C(c2ccccc2)c2ccccc2)[C@H]2CCO[C@H]21. The zero-order valence-corrected chi connectivity index (χ0v) is 15.0. The van der Waals surface area contributed by atoms with E-state index in [9.17, 15) is 4.79 Å². The van der Waals surface area contributed by atoms with Gasteiger partial charge in [-0.2, -0.15) is 0 Å². The Labute approximate surface area is 154 Å². The zero-order chi connectivity index (χ0) is 17.9. The Balaban J connectivity index is 1.57. The first-order valence-electron chi connectivity index (χ1n) is 9.30. The number of hydrogen-bond acceptors (Lipinski definition) is 3. The van der Waals surface area contributed by atoms with Gasteiger partial charge in [-0.25, -0.2) is 0 Å². The summed E-state index contributed by atoms with van der Waals surface area (Å²) >= 11 is 0. The predicted molar refractivity (Wildman–Crippen MR) is 99.9 cm³/mol. The minimum atomic E-state index is -0.304. The lowest BCUT2D eigenvalue weighted by Crippen LogP contribution is -2.63.